The van der Waals surface area contributed by atoms with Gasteiger partial charge < -0.3 is 10.7 Å². The van der Waals surface area contributed by atoms with Crippen molar-refractivity contribution in [3.05, 3.63) is 27.9 Å². The van der Waals surface area contributed by atoms with Gasteiger partial charge in [0.15, 0.2) is 0 Å². The van der Waals surface area contributed by atoms with Crippen LogP contribution in [0.4, 0.5) is 0 Å². The summed E-state index contributed by atoms with van der Waals surface area (Å²) in [5.41, 5.74) is 6.87. The largest absolute Gasteiger partial charge is 0.345 e. The van der Waals surface area contributed by atoms with Crippen LogP contribution in [0.1, 0.15) is 25.2 Å². The molecule has 0 saturated carbocycles. The minimum atomic E-state index is -0.272. The van der Waals surface area contributed by atoms with Gasteiger partial charge in [-0.05, 0) is 24.9 Å². The van der Waals surface area contributed by atoms with E-state index in [-0.39, 0.29) is 5.69 Å². The van der Waals surface area contributed by atoms with Gasteiger partial charge in [-0.2, -0.15) is 4.98 Å². The smallest absolute Gasteiger partial charge is 0.330 e. The van der Waals surface area contributed by atoms with Crippen molar-refractivity contribution < 1.29 is 0 Å². The van der Waals surface area contributed by atoms with E-state index in [2.05, 4.69) is 23.8 Å². The number of H-pyrrole nitrogens is 1. The number of hydrogen-bond donors (Lipinski definition) is 2. The summed E-state index contributed by atoms with van der Waals surface area (Å²) in [7, 11) is 0. The maximum Gasteiger partial charge on any atom is 0.345 e. The molecule has 4 nitrogen and oxygen atoms in total. The third kappa shape index (κ3) is 3.30. The molecule has 4 heteroatoms. The van der Waals surface area contributed by atoms with Crippen molar-refractivity contribution in [2.45, 2.75) is 26.7 Å². The Morgan fingerprint density at radius 3 is 2.86 bits per heavy atom. The van der Waals surface area contributed by atoms with E-state index in [1.54, 1.807) is 0 Å². The fourth-order valence-electron chi connectivity index (χ4n) is 1.39. The number of nitrogens with two attached hydrogens (primary N) is 1. The van der Waals surface area contributed by atoms with E-state index >= 15 is 0 Å². The number of aromatic amines is 1. The van der Waals surface area contributed by atoms with Gasteiger partial charge in [0.2, 0.25) is 0 Å². The van der Waals surface area contributed by atoms with Crippen LogP contribution in [0.25, 0.3) is 0 Å². The van der Waals surface area contributed by atoms with E-state index in [1.165, 1.54) is 0 Å². The lowest BCUT2D eigenvalue weighted by Gasteiger charge is -2.05. The van der Waals surface area contributed by atoms with Gasteiger partial charge in [-0.1, -0.05) is 13.8 Å². The van der Waals surface area contributed by atoms with Crippen molar-refractivity contribution >= 4 is 0 Å². The van der Waals surface area contributed by atoms with Gasteiger partial charge in [-0.15, -0.1) is 0 Å². The molecule has 0 radical (unpaired) electrons. The Hall–Kier alpha value is -1.16. The molecule has 0 aromatic carbocycles. The molecule has 0 fully saturated rings. The monoisotopic (exact) mass is 195 g/mol. The molecule has 0 aliphatic heterocycles. The highest BCUT2D eigenvalue weighted by Gasteiger charge is 2.02. The van der Waals surface area contributed by atoms with Crippen molar-refractivity contribution in [2.24, 2.45) is 11.7 Å². The fraction of sp³-hybridized carbons (Fsp3) is 0.600. The quantitative estimate of drug-likeness (QED) is 0.733. The zero-order valence-corrected chi connectivity index (χ0v) is 8.71. The highest BCUT2D eigenvalue weighted by Crippen LogP contribution is 2.04. The third-order valence-electron chi connectivity index (χ3n) is 1.88. The van der Waals surface area contributed by atoms with Crippen molar-refractivity contribution in [1.82, 2.24) is 9.97 Å². The third-order valence-corrected chi connectivity index (χ3v) is 1.88. The average molecular weight is 195 g/mol. The van der Waals surface area contributed by atoms with Crippen molar-refractivity contribution in [2.75, 3.05) is 6.54 Å². The van der Waals surface area contributed by atoms with Gasteiger partial charge in [0.05, 0.1) is 0 Å². The van der Waals surface area contributed by atoms with Crippen LogP contribution >= 0.6 is 0 Å². The molecule has 78 valence electrons. The Kier molecular flexibility index (Phi) is 3.83. The van der Waals surface area contributed by atoms with Crippen LogP contribution in [-0.2, 0) is 12.8 Å². The summed E-state index contributed by atoms with van der Waals surface area (Å²) in [5.74, 6) is 0.527. The van der Waals surface area contributed by atoms with Crippen molar-refractivity contribution in [1.29, 1.82) is 0 Å². The predicted octanol–water partition coefficient (Wildman–Crippen LogP) is 0.470. The van der Waals surface area contributed by atoms with E-state index < -0.39 is 0 Å². The highest BCUT2D eigenvalue weighted by molar-refractivity contribution is 5.09. The molecule has 1 aromatic rings. The Balaban J connectivity index is 2.89. The Morgan fingerprint density at radius 2 is 2.29 bits per heavy atom. The molecule has 0 atom stereocenters. The molecule has 0 amide bonds. The molecule has 0 bridgehead atoms. The van der Waals surface area contributed by atoms with E-state index in [0.29, 0.717) is 18.9 Å². The zero-order valence-electron chi connectivity index (χ0n) is 8.71. The molecule has 3 N–H and O–H groups in total. The summed E-state index contributed by atoms with van der Waals surface area (Å²) in [5, 5.41) is 0. The van der Waals surface area contributed by atoms with Crippen LogP contribution in [0.15, 0.2) is 10.9 Å². The molecule has 1 aromatic heterocycles. The molecule has 0 unspecified atom stereocenters. The lowest BCUT2D eigenvalue weighted by molar-refractivity contribution is 0.629. The van der Waals surface area contributed by atoms with Crippen LogP contribution in [0.3, 0.4) is 0 Å². The summed E-state index contributed by atoms with van der Waals surface area (Å²) >= 11 is 0. The standard InChI is InChI=1S/C10H17N3O/c1-7(2)5-9-6-8(3-4-11)12-10(14)13-9/h6-7H,3-5,11H2,1-2H3,(H,12,13,14). The molecule has 0 saturated heterocycles. The minimum absolute atomic E-state index is 0.272. The molecule has 1 rings (SSSR count). The van der Waals surface area contributed by atoms with Crippen LogP contribution in [0.2, 0.25) is 0 Å². The molecular weight excluding hydrogens is 178 g/mol. The molecular formula is C10H17N3O. The molecule has 14 heavy (non-hydrogen) atoms. The van der Waals surface area contributed by atoms with E-state index in [0.717, 1.165) is 17.8 Å². The normalized spacial score (nSPS) is 10.9. The first kappa shape index (κ1) is 10.9. The highest BCUT2D eigenvalue weighted by atomic mass is 16.1. The molecule has 0 spiro atoms. The lowest BCUT2D eigenvalue weighted by Crippen LogP contribution is -2.18. The Labute approximate surface area is 83.6 Å². The number of hydrogen-bond acceptors (Lipinski definition) is 3. The van der Waals surface area contributed by atoms with Gasteiger partial charge in [0, 0.05) is 17.8 Å². The Morgan fingerprint density at radius 1 is 1.57 bits per heavy atom. The van der Waals surface area contributed by atoms with Crippen LogP contribution in [0.5, 0.6) is 0 Å². The zero-order chi connectivity index (χ0) is 10.6. The summed E-state index contributed by atoms with van der Waals surface area (Å²) < 4.78 is 0. The second kappa shape index (κ2) is 4.91. The van der Waals surface area contributed by atoms with Gasteiger partial charge in [-0.3, -0.25) is 0 Å². The van der Waals surface area contributed by atoms with E-state index in [4.69, 9.17) is 5.73 Å². The summed E-state index contributed by atoms with van der Waals surface area (Å²) in [6.07, 6.45) is 1.53. The molecule has 0 aliphatic rings. The number of aromatic nitrogens is 2. The van der Waals surface area contributed by atoms with Gasteiger partial charge in [-0.25, -0.2) is 4.79 Å². The number of rotatable bonds is 4. The van der Waals surface area contributed by atoms with Crippen LogP contribution < -0.4 is 11.4 Å². The Bertz CT molecular complexity index is 343. The number of nitrogens with one attached hydrogen (secondary N) is 1. The maximum atomic E-state index is 11.2. The second-order valence-electron chi connectivity index (χ2n) is 3.84. The lowest BCUT2D eigenvalue weighted by atomic mass is 10.1. The number of nitrogens with zero attached hydrogens (tertiary/aromatic N) is 1. The first-order chi connectivity index (χ1) is 6.61. The first-order valence-corrected chi connectivity index (χ1v) is 4.91. The van der Waals surface area contributed by atoms with Crippen molar-refractivity contribution in [3.63, 3.8) is 0 Å². The van der Waals surface area contributed by atoms with E-state index in [9.17, 15) is 4.79 Å². The van der Waals surface area contributed by atoms with Gasteiger partial charge in [0.1, 0.15) is 0 Å². The van der Waals surface area contributed by atoms with Gasteiger partial charge >= 0.3 is 5.69 Å². The van der Waals surface area contributed by atoms with Crippen molar-refractivity contribution in [3.8, 4) is 0 Å². The SMILES string of the molecule is CC(C)Cc1cc(CCN)nc(=O)[nH]1. The summed E-state index contributed by atoms with van der Waals surface area (Å²) in [6, 6.07) is 1.92. The average Bonchev–Trinajstić information content (AvgIpc) is 2.01. The van der Waals surface area contributed by atoms with Crippen LogP contribution in [0, 0.1) is 5.92 Å². The minimum Gasteiger partial charge on any atom is -0.330 e. The predicted molar refractivity (Wildman–Crippen MR) is 56.2 cm³/mol. The summed E-state index contributed by atoms with van der Waals surface area (Å²) in [6.45, 7) is 4.75. The van der Waals surface area contributed by atoms with Gasteiger partial charge in [0.25, 0.3) is 0 Å². The first-order valence-electron chi connectivity index (χ1n) is 4.91. The summed E-state index contributed by atoms with van der Waals surface area (Å²) in [4.78, 5) is 17.7. The van der Waals surface area contributed by atoms with Crippen LogP contribution in [-0.4, -0.2) is 16.5 Å². The molecule has 1 heterocycles. The van der Waals surface area contributed by atoms with E-state index in [1.807, 2.05) is 6.07 Å². The fourth-order valence-corrected chi connectivity index (χ4v) is 1.39. The topological polar surface area (TPSA) is 71.8 Å². The second-order valence-corrected chi connectivity index (χ2v) is 3.84. The molecule has 0 aliphatic carbocycles. The maximum absolute atomic E-state index is 11.2.